The second-order valence-corrected chi connectivity index (χ2v) is 7.37. The maximum atomic E-state index is 12.5. The molecule has 0 aromatic carbocycles. The summed E-state index contributed by atoms with van der Waals surface area (Å²) < 4.78 is 7.15. The molecule has 3 aromatic rings. The van der Waals surface area contributed by atoms with Crippen LogP contribution in [0.1, 0.15) is 34.9 Å². The van der Waals surface area contributed by atoms with Crippen molar-refractivity contribution in [2.24, 2.45) is 0 Å². The molecule has 27 heavy (non-hydrogen) atoms. The van der Waals surface area contributed by atoms with E-state index in [0.717, 1.165) is 17.7 Å². The molecule has 1 N–H and O–H groups in total. The number of rotatable bonds is 5. The van der Waals surface area contributed by atoms with Gasteiger partial charge in [-0.3, -0.25) is 9.48 Å². The molecule has 1 saturated heterocycles. The Morgan fingerprint density at radius 2 is 2.15 bits per heavy atom. The van der Waals surface area contributed by atoms with Gasteiger partial charge < -0.3 is 14.4 Å². The van der Waals surface area contributed by atoms with Crippen LogP contribution < -0.4 is 0 Å². The Morgan fingerprint density at radius 3 is 2.81 bits per heavy atom. The van der Waals surface area contributed by atoms with E-state index in [1.54, 1.807) is 22.2 Å². The molecule has 1 aliphatic heterocycles. The standard InChI is InChI=1S/C18H18N4O4S/c23-16(8-13-11-26-17(20-13)15-2-1-7-27-15)21-5-3-14(4-6-21)22-10-12(9-19-22)18(24)25/h1-2,7,9-11,14H,3-6,8H2,(H,24,25). The zero-order valence-corrected chi connectivity index (χ0v) is 15.3. The molecule has 1 amide bonds. The van der Waals surface area contributed by atoms with Gasteiger partial charge in [0.2, 0.25) is 11.8 Å². The maximum absolute atomic E-state index is 12.5. The first-order valence-electron chi connectivity index (χ1n) is 8.63. The fourth-order valence-corrected chi connectivity index (χ4v) is 3.85. The number of aromatic nitrogens is 3. The summed E-state index contributed by atoms with van der Waals surface area (Å²) in [6.07, 6.45) is 6.14. The molecule has 4 rings (SSSR count). The fraction of sp³-hybridized carbons (Fsp3) is 0.333. The lowest BCUT2D eigenvalue weighted by molar-refractivity contribution is -0.131. The SMILES string of the molecule is O=C(O)c1cnn(C2CCN(C(=O)Cc3coc(-c4cccs4)n3)CC2)c1. The van der Waals surface area contributed by atoms with Crippen molar-refractivity contribution in [3.05, 3.63) is 47.4 Å². The third kappa shape index (κ3) is 3.77. The summed E-state index contributed by atoms with van der Waals surface area (Å²) >= 11 is 1.54. The molecular formula is C18H18N4O4S. The lowest BCUT2D eigenvalue weighted by Gasteiger charge is -2.32. The van der Waals surface area contributed by atoms with E-state index in [4.69, 9.17) is 9.52 Å². The van der Waals surface area contributed by atoms with Crippen LogP contribution in [0.5, 0.6) is 0 Å². The number of carbonyl (C=O) groups excluding carboxylic acids is 1. The number of amides is 1. The number of hydrogen-bond donors (Lipinski definition) is 1. The second kappa shape index (κ2) is 7.36. The second-order valence-electron chi connectivity index (χ2n) is 6.42. The number of nitrogens with zero attached hydrogens (tertiary/aromatic N) is 4. The van der Waals surface area contributed by atoms with Crippen molar-refractivity contribution >= 4 is 23.2 Å². The van der Waals surface area contributed by atoms with Gasteiger partial charge in [-0.2, -0.15) is 5.10 Å². The van der Waals surface area contributed by atoms with Gasteiger partial charge in [0.15, 0.2) is 0 Å². The molecule has 0 bridgehead atoms. The number of aromatic carboxylic acids is 1. The van der Waals surface area contributed by atoms with Crippen molar-refractivity contribution in [1.82, 2.24) is 19.7 Å². The van der Waals surface area contributed by atoms with Gasteiger partial charge in [0.25, 0.3) is 0 Å². The van der Waals surface area contributed by atoms with Crippen LogP contribution in [0, 0.1) is 0 Å². The molecule has 140 valence electrons. The molecule has 0 aliphatic carbocycles. The lowest BCUT2D eigenvalue weighted by atomic mass is 10.0. The van der Waals surface area contributed by atoms with Crippen LogP contribution in [0.25, 0.3) is 10.8 Å². The summed E-state index contributed by atoms with van der Waals surface area (Å²) in [5.74, 6) is -0.422. The van der Waals surface area contributed by atoms with Crippen molar-refractivity contribution in [1.29, 1.82) is 0 Å². The molecule has 1 fully saturated rings. The van der Waals surface area contributed by atoms with Gasteiger partial charge in [0.05, 0.1) is 34.8 Å². The van der Waals surface area contributed by atoms with Crippen LogP contribution in [-0.4, -0.2) is 49.7 Å². The lowest BCUT2D eigenvalue weighted by Crippen LogP contribution is -2.40. The van der Waals surface area contributed by atoms with E-state index in [-0.39, 0.29) is 23.9 Å². The predicted molar refractivity (Wildman–Crippen MR) is 97.6 cm³/mol. The van der Waals surface area contributed by atoms with Gasteiger partial charge in [0.1, 0.15) is 6.26 Å². The van der Waals surface area contributed by atoms with Crippen LogP contribution in [0.4, 0.5) is 0 Å². The topological polar surface area (TPSA) is 101 Å². The minimum absolute atomic E-state index is 0.0196. The number of piperidine rings is 1. The summed E-state index contributed by atoms with van der Waals surface area (Å²) in [4.78, 5) is 30.7. The largest absolute Gasteiger partial charge is 0.478 e. The van der Waals surface area contributed by atoms with Gasteiger partial charge in [-0.15, -0.1) is 11.3 Å². The highest BCUT2D eigenvalue weighted by molar-refractivity contribution is 7.13. The maximum Gasteiger partial charge on any atom is 0.338 e. The number of carboxylic acid groups (broad SMARTS) is 1. The van der Waals surface area contributed by atoms with Crippen LogP contribution in [0.2, 0.25) is 0 Å². The number of thiophene rings is 1. The Kier molecular flexibility index (Phi) is 4.76. The Balaban J connectivity index is 1.32. The van der Waals surface area contributed by atoms with Gasteiger partial charge in [-0.25, -0.2) is 9.78 Å². The quantitative estimate of drug-likeness (QED) is 0.723. The van der Waals surface area contributed by atoms with Crippen LogP contribution in [0.15, 0.2) is 40.6 Å². The average Bonchev–Trinajstić information content (AvgIpc) is 3.42. The molecule has 0 atom stereocenters. The number of oxazole rings is 1. The van der Waals surface area contributed by atoms with Gasteiger partial charge >= 0.3 is 5.97 Å². The molecule has 1 aliphatic rings. The highest BCUT2D eigenvalue weighted by Crippen LogP contribution is 2.25. The van der Waals surface area contributed by atoms with E-state index in [0.29, 0.717) is 24.7 Å². The van der Waals surface area contributed by atoms with Crippen LogP contribution >= 0.6 is 11.3 Å². The summed E-state index contributed by atoms with van der Waals surface area (Å²) in [6.45, 7) is 1.22. The zero-order valence-electron chi connectivity index (χ0n) is 14.4. The van der Waals surface area contributed by atoms with E-state index in [9.17, 15) is 9.59 Å². The number of likely N-dealkylation sites (tertiary alicyclic amines) is 1. The van der Waals surface area contributed by atoms with E-state index in [2.05, 4.69) is 10.1 Å². The van der Waals surface area contributed by atoms with Crippen molar-refractivity contribution < 1.29 is 19.1 Å². The zero-order chi connectivity index (χ0) is 18.8. The van der Waals surface area contributed by atoms with E-state index in [1.807, 2.05) is 22.4 Å². The minimum atomic E-state index is -0.983. The molecule has 8 nitrogen and oxygen atoms in total. The molecular weight excluding hydrogens is 368 g/mol. The van der Waals surface area contributed by atoms with Crippen LogP contribution in [-0.2, 0) is 11.2 Å². The number of carbonyl (C=O) groups is 2. The average molecular weight is 386 g/mol. The summed E-state index contributed by atoms with van der Waals surface area (Å²) in [5, 5.41) is 15.1. The highest BCUT2D eigenvalue weighted by Gasteiger charge is 2.25. The van der Waals surface area contributed by atoms with Crippen LogP contribution in [0.3, 0.4) is 0 Å². The highest BCUT2D eigenvalue weighted by atomic mass is 32.1. The monoisotopic (exact) mass is 386 g/mol. The molecule has 0 saturated carbocycles. The third-order valence-corrected chi connectivity index (χ3v) is 5.51. The first kappa shape index (κ1) is 17.5. The molecule has 3 aromatic heterocycles. The molecule has 0 spiro atoms. The summed E-state index contributed by atoms with van der Waals surface area (Å²) in [5.41, 5.74) is 0.810. The first-order valence-corrected chi connectivity index (χ1v) is 9.51. The molecule has 0 radical (unpaired) electrons. The van der Waals surface area contributed by atoms with Crippen molar-refractivity contribution in [3.8, 4) is 10.8 Å². The van der Waals surface area contributed by atoms with Gasteiger partial charge in [-0.1, -0.05) is 6.07 Å². The minimum Gasteiger partial charge on any atom is -0.478 e. The summed E-state index contributed by atoms with van der Waals surface area (Å²) in [6, 6.07) is 3.97. The molecule has 9 heteroatoms. The van der Waals surface area contributed by atoms with Crippen molar-refractivity contribution in [2.75, 3.05) is 13.1 Å². The number of carboxylic acids is 1. The Hall–Kier alpha value is -2.94. The first-order chi connectivity index (χ1) is 13.1. The Morgan fingerprint density at radius 1 is 1.33 bits per heavy atom. The number of hydrogen-bond acceptors (Lipinski definition) is 6. The third-order valence-electron chi connectivity index (χ3n) is 4.66. The molecule has 4 heterocycles. The summed E-state index contributed by atoms with van der Waals surface area (Å²) in [7, 11) is 0. The van der Waals surface area contributed by atoms with Crippen molar-refractivity contribution in [3.63, 3.8) is 0 Å². The predicted octanol–water partition coefficient (Wildman–Crippen LogP) is 2.70. The Labute approximate surface area is 159 Å². The smallest absolute Gasteiger partial charge is 0.338 e. The molecule has 0 unspecified atom stereocenters. The van der Waals surface area contributed by atoms with E-state index < -0.39 is 5.97 Å². The normalized spacial score (nSPS) is 15.2. The Bertz CT molecular complexity index is 938. The van der Waals surface area contributed by atoms with E-state index in [1.165, 1.54) is 12.5 Å². The van der Waals surface area contributed by atoms with E-state index >= 15 is 0 Å². The van der Waals surface area contributed by atoms with Crippen molar-refractivity contribution in [2.45, 2.75) is 25.3 Å². The fourth-order valence-electron chi connectivity index (χ4n) is 3.20. The van der Waals surface area contributed by atoms with Gasteiger partial charge in [0, 0.05) is 19.3 Å². The van der Waals surface area contributed by atoms with Gasteiger partial charge in [-0.05, 0) is 24.3 Å².